The highest BCUT2D eigenvalue weighted by atomic mass is 35.5. The highest BCUT2D eigenvalue weighted by Gasteiger charge is 2.25. The summed E-state index contributed by atoms with van der Waals surface area (Å²) in [5.74, 6) is 1.77. The first kappa shape index (κ1) is 11.2. The van der Waals surface area contributed by atoms with E-state index in [-0.39, 0.29) is 0 Å². The van der Waals surface area contributed by atoms with Crippen molar-refractivity contribution in [2.24, 2.45) is 5.92 Å². The van der Waals surface area contributed by atoms with Crippen LogP contribution in [0.25, 0.3) is 10.2 Å². The molecule has 0 aliphatic heterocycles. The molecule has 0 radical (unpaired) electrons. The van der Waals surface area contributed by atoms with Crippen LogP contribution < -0.4 is 0 Å². The van der Waals surface area contributed by atoms with Crippen molar-refractivity contribution in [1.82, 2.24) is 9.97 Å². The van der Waals surface area contributed by atoms with Crippen LogP contribution in [0.3, 0.4) is 0 Å². The molecule has 1 saturated carbocycles. The van der Waals surface area contributed by atoms with Crippen LogP contribution in [-0.4, -0.2) is 9.97 Å². The zero-order valence-corrected chi connectivity index (χ0v) is 11.8. The number of rotatable bonds is 2. The van der Waals surface area contributed by atoms with Gasteiger partial charge in [0.1, 0.15) is 15.8 Å². The van der Waals surface area contributed by atoms with Gasteiger partial charge in [0.25, 0.3) is 0 Å². The first-order valence-corrected chi connectivity index (χ1v) is 7.97. The first-order valence-electron chi connectivity index (χ1n) is 6.78. The van der Waals surface area contributed by atoms with Gasteiger partial charge >= 0.3 is 0 Å². The van der Waals surface area contributed by atoms with E-state index in [0.717, 1.165) is 34.8 Å². The van der Waals surface area contributed by atoms with E-state index >= 15 is 0 Å². The molecule has 0 atom stereocenters. The van der Waals surface area contributed by atoms with Crippen molar-refractivity contribution >= 4 is 33.2 Å². The predicted molar refractivity (Wildman–Crippen MR) is 75.5 cm³/mol. The number of thiophene rings is 1. The molecular formula is C14H15ClN2S. The van der Waals surface area contributed by atoms with Crippen LogP contribution in [0.1, 0.15) is 41.9 Å². The maximum absolute atomic E-state index is 6.40. The van der Waals surface area contributed by atoms with E-state index in [2.05, 4.69) is 4.98 Å². The highest BCUT2D eigenvalue weighted by Crippen LogP contribution is 2.39. The van der Waals surface area contributed by atoms with E-state index in [0.29, 0.717) is 5.15 Å². The van der Waals surface area contributed by atoms with Crippen molar-refractivity contribution in [3.05, 3.63) is 21.4 Å². The van der Waals surface area contributed by atoms with Gasteiger partial charge in [-0.05, 0) is 50.0 Å². The third-order valence-corrected chi connectivity index (χ3v) is 5.44. The average Bonchev–Trinajstić information content (AvgIpc) is 3.07. The van der Waals surface area contributed by atoms with Crippen LogP contribution in [0.2, 0.25) is 5.15 Å². The number of halogens is 1. The minimum absolute atomic E-state index is 0.690. The molecule has 0 N–H and O–H groups in total. The van der Waals surface area contributed by atoms with Crippen LogP contribution in [-0.2, 0) is 19.3 Å². The summed E-state index contributed by atoms with van der Waals surface area (Å²) in [6.45, 7) is 0. The summed E-state index contributed by atoms with van der Waals surface area (Å²) in [6.07, 6.45) is 8.61. The van der Waals surface area contributed by atoms with Gasteiger partial charge in [0.15, 0.2) is 0 Å². The monoisotopic (exact) mass is 278 g/mol. The van der Waals surface area contributed by atoms with E-state index in [1.807, 2.05) is 11.3 Å². The Morgan fingerprint density at radius 1 is 1.17 bits per heavy atom. The fourth-order valence-electron chi connectivity index (χ4n) is 2.83. The summed E-state index contributed by atoms with van der Waals surface area (Å²) in [5.41, 5.74) is 1.43. The Bertz CT molecular complexity index is 616. The second-order valence-corrected chi connectivity index (χ2v) is 6.91. The van der Waals surface area contributed by atoms with Crippen LogP contribution in [0.5, 0.6) is 0 Å². The van der Waals surface area contributed by atoms with Gasteiger partial charge in [0, 0.05) is 11.3 Å². The van der Waals surface area contributed by atoms with E-state index in [1.54, 1.807) is 0 Å². The smallest absolute Gasteiger partial charge is 0.141 e. The van der Waals surface area contributed by atoms with Crippen molar-refractivity contribution in [2.75, 3.05) is 0 Å². The Kier molecular flexibility index (Phi) is 2.59. The lowest BCUT2D eigenvalue weighted by molar-refractivity contribution is 0.700. The fraction of sp³-hybridized carbons (Fsp3) is 0.571. The Morgan fingerprint density at radius 3 is 2.83 bits per heavy atom. The van der Waals surface area contributed by atoms with Crippen molar-refractivity contribution in [3.8, 4) is 0 Å². The van der Waals surface area contributed by atoms with Gasteiger partial charge in [-0.1, -0.05) is 11.6 Å². The molecule has 2 aliphatic carbocycles. The Morgan fingerprint density at radius 2 is 2.00 bits per heavy atom. The van der Waals surface area contributed by atoms with Gasteiger partial charge in [0.05, 0.1) is 5.39 Å². The molecule has 2 aliphatic rings. The Labute approximate surface area is 115 Å². The lowest BCUT2D eigenvalue weighted by Gasteiger charge is -2.10. The Balaban J connectivity index is 1.85. The van der Waals surface area contributed by atoms with Crippen LogP contribution in [0.15, 0.2) is 0 Å². The van der Waals surface area contributed by atoms with Gasteiger partial charge in [-0.25, -0.2) is 9.97 Å². The number of aromatic nitrogens is 2. The first-order chi connectivity index (χ1) is 8.81. The van der Waals surface area contributed by atoms with Gasteiger partial charge < -0.3 is 0 Å². The van der Waals surface area contributed by atoms with Crippen LogP contribution in [0, 0.1) is 5.92 Å². The Hall–Kier alpha value is -0.670. The summed E-state index contributed by atoms with van der Waals surface area (Å²) in [7, 11) is 0. The number of hydrogen-bond acceptors (Lipinski definition) is 3. The average molecular weight is 279 g/mol. The minimum Gasteiger partial charge on any atom is -0.222 e. The summed E-state index contributed by atoms with van der Waals surface area (Å²) < 4.78 is 0. The molecule has 4 rings (SSSR count). The molecular weight excluding hydrogens is 264 g/mol. The molecule has 0 bridgehead atoms. The molecule has 4 heteroatoms. The van der Waals surface area contributed by atoms with Crippen molar-refractivity contribution in [3.63, 3.8) is 0 Å². The largest absolute Gasteiger partial charge is 0.222 e. The van der Waals surface area contributed by atoms with Gasteiger partial charge in [-0.3, -0.25) is 0 Å². The topological polar surface area (TPSA) is 25.8 Å². The molecule has 0 unspecified atom stereocenters. The summed E-state index contributed by atoms with van der Waals surface area (Å²) in [5, 5.41) is 1.84. The zero-order valence-electron chi connectivity index (χ0n) is 10.2. The molecule has 0 amide bonds. The number of fused-ring (bicyclic) bond motifs is 3. The summed E-state index contributed by atoms with van der Waals surface area (Å²) in [6, 6.07) is 0. The normalized spacial score (nSPS) is 19.2. The molecule has 2 aromatic rings. The van der Waals surface area contributed by atoms with Gasteiger partial charge in [-0.2, -0.15) is 0 Å². The fourth-order valence-corrected chi connectivity index (χ4v) is 4.46. The van der Waals surface area contributed by atoms with Crippen molar-refractivity contribution < 1.29 is 0 Å². The molecule has 2 aromatic heterocycles. The third-order valence-electron chi connectivity index (χ3n) is 3.99. The lowest BCUT2D eigenvalue weighted by atomic mass is 9.97. The molecule has 0 aromatic carbocycles. The molecule has 2 heterocycles. The van der Waals surface area contributed by atoms with Gasteiger partial charge in [-0.15, -0.1) is 11.3 Å². The van der Waals surface area contributed by atoms with E-state index in [9.17, 15) is 0 Å². The maximum atomic E-state index is 6.40. The lowest BCUT2D eigenvalue weighted by Crippen LogP contribution is -2.00. The second kappa shape index (κ2) is 4.17. The van der Waals surface area contributed by atoms with E-state index in [4.69, 9.17) is 16.6 Å². The molecule has 18 heavy (non-hydrogen) atoms. The molecule has 0 saturated heterocycles. The number of nitrogens with zero attached hydrogens (tertiary/aromatic N) is 2. The van der Waals surface area contributed by atoms with Crippen LogP contribution in [0.4, 0.5) is 0 Å². The molecule has 2 nitrogen and oxygen atoms in total. The number of aryl methyl sites for hydroxylation is 2. The van der Waals surface area contributed by atoms with E-state index < -0.39 is 0 Å². The molecule has 0 spiro atoms. The second-order valence-electron chi connectivity index (χ2n) is 5.47. The highest BCUT2D eigenvalue weighted by molar-refractivity contribution is 7.19. The third kappa shape index (κ3) is 1.84. The molecule has 1 fully saturated rings. The number of hydrogen-bond donors (Lipinski definition) is 0. The zero-order chi connectivity index (χ0) is 12.1. The van der Waals surface area contributed by atoms with Gasteiger partial charge in [0.2, 0.25) is 0 Å². The minimum atomic E-state index is 0.690. The van der Waals surface area contributed by atoms with Crippen LogP contribution >= 0.6 is 22.9 Å². The standard InChI is InChI=1S/C14H15ClN2S/c15-13-12-9-3-1-2-4-10(9)18-14(12)17-11(16-13)7-8-5-6-8/h8H,1-7H2. The summed E-state index contributed by atoms with van der Waals surface area (Å²) in [4.78, 5) is 11.9. The predicted octanol–water partition coefficient (Wildman–Crippen LogP) is 4.18. The van der Waals surface area contributed by atoms with Crippen molar-refractivity contribution in [1.29, 1.82) is 0 Å². The molecule has 94 valence electrons. The SMILES string of the molecule is Clc1nc(CC2CC2)nc2sc3c(c12)CCCC3. The maximum Gasteiger partial charge on any atom is 0.141 e. The van der Waals surface area contributed by atoms with E-state index in [1.165, 1.54) is 42.5 Å². The van der Waals surface area contributed by atoms with Crippen molar-refractivity contribution in [2.45, 2.75) is 44.9 Å². The quantitative estimate of drug-likeness (QED) is 0.770. The summed E-state index contributed by atoms with van der Waals surface area (Å²) >= 11 is 8.24.